The molecule has 0 unspecified atom stereocenters. The average molecular weight is 529 g/mol. The molecule has 2 aromatic rings. The molecule has 0 spiro atoms. The second kappa shape index (κ2) is 6.48. The Balaban J connectivity index is 2.37. The molecule has 0 aliphatic rings. The monoisotopic (exact) mass is 529 g/mol. The van der Waals surface area contributed by atoms with Crippen molar-refractivity contribution >= 4 is 73.4 Å². The predicted molar refractivity (Wildman–Crippen MR) is 97.5 cm³/mol. The zero-order valence-corrected chi connectivity index (χ0v) is 15.7. The fraction of sp³-hybridized carbons (Fsp3) is 0.0769. The van der Waals surface area contributed by atoms with E-state index >= 15 is 0 Å². The largest absolute Gasteiger partial charge is 0.506 e. The van der Waals surface area contributed by atoms with Crippen molar-refractivity contribution in [1.82, 2.24) is 0 Å². The molecule has 0 fully saturated rings. The number of aromatic hydroxyl groups is 1. The maximum atomic E-state index is 12.3. The molecule has 5 nitrogen and oxygen atoms in total. The lowest BCUT2D eigenvalue weighted by Gasteiger charge is -2.08. The van der Waals surface area contributed by atoms with Gasteiger partial charge in [-0.2, -0.15) is 0 Å². The summed E-state index contributed by atoms with van der Waals surface area (Å²) in [6.45, 7) is 1.76. The van der Waals surface area contributed by atoms with Crippen molar-refractivity contribution < 1.29 is 19.8 Å². The van der Waals surface area contributed by atoms with Gasteiger partial charge < -0.3 is 15.5 Å². The Kier molecular flexibility index (Phi) is 5.09. The maximum Gasteiger partial charge on any atom is 0.338 e. The van der Waals surface area contributed by atoms with Crippen molar-refractivity contribution in [2.75, 3.05) is 5.32 Å². The van der Waals surface area contributed by atoms with Crippen LogP contribution >= 0.6 is 56.5 Å². The molecule has 1 aromatic heterocycles. The van der Waals surface area contributed by atoms with E-state index in [2.05, 4.69) is 5.32 Å². The summed E-state index contributed by atoms with van der Waals surface area (Å²) in [6, 6.07) is 4.79. The van der Waals surface area contributed by atoms with E-state index in [1.54, 1.807) is 19.1 Å². The Labute approximate surface area is 151 Å². The van der Waals surface area contributed by atoms with Gasteiger partial charge in [-0.15, -0.1) is 11.3 Å². The van der Waals surface area contributed by atoms with Crippen LogP contribution in [0.4, 0.5) is 5.00 Å². The third-order valence-corrected chi connectivity index (χ3v) is 5.00. The number of rotatable bonds is 3. The molecule has 21 heavy (non-hydrogen) atoms. The number of thiophene rings is 1. The van der Waals surface area contributed by atoms with Gasteiger partial charge in [-0.3, -0.25) is 4.79 Å². The zero-order chi connectivity index (χ0) is 15.7. The molecule has 110 valence electrons. The van der Waals surface area contributed by atoms with Crippen LogP contribution in [0.2, 0.25) is 0 Å². The Morgan fingerprint density at radius 1 is 1.19 bits per heavy atom. The normalized spacial score (nSPS) is 10.4. The molecular weight excluding hydrogens is 520 g/mol. The minimum absolute atomic E-state index is 0.0469. The summed E-state index contributed by atoms with van der Waals surface area (Å²) in [7, 11) is 0. The Hall–Kier alpha value is -0.880. The van der Waals surface area contributed by atoms with Crippen LogP contribution in [0.1, 0.15) is 25.6 Å². The van der Waals surface area contributed by atoms with Crippen molar-refractivity contribution in [2.24, 2.45) is 0 Å². The maximum absolute atomic E-state index is 12.3. The van der Waals surface area contributed by atoms with E-state index in [9.17, 15) is 14.7 Å². The second-order valence-corrected chi connectivity index (χ2v) is 7.81. The Morgan fingerprint density at radius 2 is 1.86 bits per heavy atom. The lowest BCUT2D eigenvalue weighted by molar-refractivity contribution is 0.0698. The number of carbonyl (C=O) groups excluding carboxylic acids is 1. The number of phenols is 1. The molecule has 0 saturated heterocycles. The van der Waals surface area contributed by atoms with Crippen LogP contribution in [0.15, 0.2) is 18.2 Å². The molecule has 0 atom stereocenters. The van der Waals surface area contributed by atoms with E-state index in [0.29, 0.717) is 3.57 Å². The van der Waals surface area contributed by atoms with Gasteiger partial charge in [0.15, 0.2) is 0 Å². The van der Waals surface area contributed by atoms with E-state index in [1.807, 2.05) is 45.2 Å². The number of benzene rings is 1. The third-order valence-electron chi connectivity index (χ3n) is 2.59. The summed E-state index contributed by atoms with van der Waals surface area (Å²) in [5, 5.41) is 21.9. The average Bonchev–Trinajstić information content (AvgIpc) is 2.74. The molecule has 0 radical (unpaired) electrons. The second-order valence-electron chi connectivity index (χ2n) is 4.14. The molecule has 8 heteroatoms. The molecule has 0 aliphatic heterocycles. The number of carboxylic acids is 1. The highest BCUT2D eigenvalue weighted by Gasteiger charge is 2.19. The van der Waals surface area contributed by atoms with Gasteiger partial charge in [0.1, 0.15) is 10.8 Å². The SMILES string of the molecule is Cc1cc(C(=O)O)c(NC(=O)c2cc(I)cc(I)c2O)s1. The molecule has 2 rings (SSSR count). The summed E-state index contributed by atoms with van der Waals surface area (Å²) < 4.78 is 1.37. The number of aryl methyl sites for hydroxylation is 1. The smallest absolute Gasteiger partial charge is 0.338 e. The number of nitrogens with one attached hydrogen (secondary N) is 1. The lowest BCUT2D eigenvalue weighted by atomic mass is 10.2. The summed E-state index contributed by atoms with van der Waals surface area (Å²) >= 11 is 5.16. The first-order valence-corrected chi connectivity index (χ1v) is 8.60. The van der Waals surface area contributed by atoms with Crippen LogP contribution in [0, 0.1) is 14.1 Å². The number of halogens is 2. The Bertz CT molecular complexity index is 742. The quantitative estimate of drug-likeness (QED) is 0.527. The topological polar surface area (TPSA) is 86.6 Å². The standard InChI is InChI=1S/C13H9I2NO4S/c1-5-2-8(13(19)20)12(21-5)16-11(18)7-3-6(14)4-9(15)10(7)17/h2-4,17H,1H3,(H,16,18)(H,19,20). The molecule has 0 aliphatic carbocycles. The highest BCUT2D eigenvalue weighted by Crippen LogP contribution is 2.31. The molecule has 0 saturated carbocycles. The van der Waals surface area contributed by atoms with Gasteiger partial charge in [-0.25, -0.2) is 4.79 Å². The first-order valence-electron chi connectivity index (χ1n) is 5.62. The fourth-order valence-corrected chi connectivity index (χ4v) is 4.42. The number of phenolic OH excluding ortho intramolecular Hbond substituents is 1. The van der Waals surface area contributed by atoms with E-state index in [1.165, 1.54) is 17.4 Å². The fourth-order valence-electron chi connectivity index (χ4n) is 1.68. The number of carbonyl (C=O) groups is 2. The molecule has 1 amide bonds. The number of amides is 1. The number of hydrogen-bond donors (Lipinski definition) is 3. The number of hydrogen-bond acceptors (Lipinski definition) is 4. The highest BCUT2D eigenvalue weighted by atomic mass is 127. The Morgan fingerprint density at radius 3 is 2.48 bits per heavy atom. The van der Waals surface area contributed by atoms with Crippen LogP contribution in [0.5, 0.6) is 5.75 Å². The minimum Gasteiger partial charge on any atom is -0.506 e. The van der Waals surface area contributed by atoms with Crippen LogP contribution in [0.3, 0.4) is 0 Å². The number of anilines is 1. The lowest BCUT2D eigenvalue weighted by Crippen LogP contribution is -2.14. The highest BCUT2D eigenvalue weighted by molar-refractivity contribution is 14.1. The summed E-state index contributed by atoms with van der Waals surface area (Å²) in [4.78, 5) is 24.2. The van der Waals surface area contributed by atoms with Gasteiger partial charge in [0.25, 0.3) is 5.91 Å². The predicted octanol–water partition coefficient (Wildman–Crippen LogP) is 3.92. The van der Waals surface area contributed by atoms with Crippen LogP contribution in [-0.2, 0) is 0 Å². The molecule has 1 heterocycles. The van der Waals surface area contributed by atoms with Crippen molar-refractivity contribution in [3.63, 3.8) is 0 Å². The van der Waals surface area contributed by atoms with Gasteiger partial charge >= 0.3 is 5.97 Å². The van der Waals surface area contributed by atoms with E-state index in [4.69, 9.17) is 5.11 Å². The number of aromatic carboxylic acids is 1. The molecule has 3 N–H and O–H groups in total. The van der Waals surface area contributed by atoms with Crippen LogP contribution < -0.4 is 5.32 Å². The summed E-state index contributed by atoms with van der Waals surface area (Å²) in [6.07, 6.45) is 0. The number of carboxylic acid groups (broad SMARTS) is 1. The summed E-state index contributed by atoms with van der Waals surface area (Å²) in [5.41, 5.74) is 0.166. The zero-order valence-electron chi connectivity index (χ0n) is 10.6. The molecule has 1 aromatic carbocycles. The first kappa shape index (κ1) is 16.5. The van der Waals surface area contributed by atoms with Crippen molar-refractivity contribution in [3.8, 4) is 5.75 Å². The van der Waals surface area contributed by atoms with Gasteiger partial charge in [0.05, 0.1) is 14.7 Å². The van der Waals surface area contributed by atoms with Gasteiger partial charge in [-0.1, -0.05) is 0 Å². The third kappa shape index (κ3) is 3.66. The van der Waals surface area contributed by atoms with Gasteiger partial charge in [0, 0.05) is 8.45 Å². The summed E-state index contributed by atoms with van der Waals surface area (Å²) in [5.74, 6) is -1.75. The first-order chi connectivity index (χ1) is 9.79. The van der Waals surface area contributed by atoms with Crippen LogP contribution in [0.25, 0.3) is 0 Å². The van der Waals surface area contributed by atoms with E-state index in [0.717, 1.165) is 8.45 Å². The van der Waals surface area contributed by atoms with Crippen molar-refractivity contribution in [2.45, 2.75) is 6.92 Å². The van der Waals surface area contributed by atoms with Crippen molar-refractivity contribution in [3.05, 3.63) is 41.3 Å². The van der Waals surface area contributed by atoms with Gasteiger partial charge in [-0.05, 0) is 70.3 Å². The minimum atomic E-state index is -1.10. The van der Waals surface area contributed by atoms with Crippen molar-refractivity contribution in [1.29, 1.82) is 0 Å². The van der Waals surface area contributed by atoms with Crippen LogP contribution in [-0.4, -0.2) is 22.1 Å². The molecule has 0 bridgehead atoms. The van der Waals surface area contributed by atoms with Gasteiger partial charge in [0.2, 0.25) is 0 Å². The molecular formula is C13H9I2NO4S. The van der Waals surface area contributed by atoms with E-state index < -0.39 is 11.9 Å². The van der Waals surface area contributed by atoms with E-state index in [-0.39, 0.29) is 21.9 Å².